The molecule has 0 aromatic heterocycles. The number of halogens is 1. The number of ether oxygens (including phenoxy) is 1. The van der Waals surface area contributed by atoms with Crippen LogP contribution >= 0.6 is 0 Å². The third-order valence-corrected chi connectivity index (χ3v) is 7.65. The second-order valence-electron chi connectivity index (χ2n) is 10.2. The van der Waals surface area contributed by atoms with E-state index in [9.17, 15) is 18.8 Å². The van der Waals surface area contributed by atoms with E-state index in [1.165, 1.54) is 36.3 Å². The predicted molar refractivity (Wildman–Crippen MR) is 153 cm³/mol. The Hall–Kier alpha value is -4.78. The van der Waals surface area contributed by atoms with Gasteiger partial charge in [-0.2, -0.15) is 0 Å². The van der Waals surface area contributed by atoms with Crippen LogP contribution in [0.15, 0.2) is 109 Å². The largest absolute Gasteiger partial charge is 0.469 e. The van der Waals surface area contributed by atoms with Gasteiger partial charge in [-0.15, -0.1) is 0 Å². The van der Waals surface area contributed by atoms with Crippen molar-refractivity contribution in [1.29, 1.82) is 0 Å². The van der Waals surface area contributed by atoms with Crippen LogP contribution in [0.1, 0.15) is 44.6 Å². The van der Waals surface area contributed by atoms with Crippen molar-refractivity contribution in [3.05, 3.63) is 143 Å². The molecule has 0 saturated carbocycles. The summed E-state index contributed by atoms with van der Waals surface area (Å²) in [7, 11) is 1.31. The van der Waals surface area contributed by atoms with Crippen LogP contribution in [-0.2, 0) is 20.9 Å². The highest BCUT2D eigenvalue weighted by Crippen LogP contribution is 2.51. The molecule has 1 fully saturated rings. The molecule has 2 amide bonds. The number of aryl methyl sites for hydroxylation is 1. The molecule has 4 aromatic carbocycles. The Morgan fingerprint density at radius 3 is 1.98 bits per heavy atom. The van der Waals surface area contributed by atoms with Crippen molar-refractivity contribution in [3.8, 4) is 0 Å². The van der Waals surface area contributed by atoms with Gasteiger partial charge in [-0.05, 0) is 47.9 Å². The number of hydrogen-bond acceptors (Lipinski definition) is 4. The summed E-state index contributed by atoms with van der Waals surface area (Å²) in [5.74, 6) is -3.49. The quantitative estimate of drug-likeness (QED) is 0.305. The Morgan fingerprint density at radius 2 is 1.39 bits per heavy atom. The van der Waals surface area contributed by atoms with Gasteiger partial charge in [-0.25, -0.2) is 4.39 Å². The monoisotopic (exact) mass is 550 g/mol. The first-order valence-corrected chi connectivity index (χ1v) is 13.5. The first kappa shape index (κ1) is 27.8. The zero-order valence-corrected chi connectivity index (χ0v) is 22.9. The lowest BCUT2D eigenvalue weighted by atomic mass is 9.80. The number of methoxy groups -OCH3 is 1. The number of esters is 1. The lowest BCUT2D eigenvalue weighted by Gasteiger charge is -2.31. The van der Waals surface area contributed by atoms with Gasteiger partial charge in [0, 0.05) is 18.0 Å². The van der Waals surface area contributed by atoms with Crippen molar-refractivity contribution in [1.82, 2.24) is 10.2 Å². The number of carbonyl (C=O) groups is 3. The summed E-state index contributed by atoms with van der Waals surface area (Å²) in [5.41, 5.74) is 3.63. The highest BCUT2D eigenvalue weighted by atomic mass is 19.1. The van der Waals surface area contributed by atoms with E-state index in [1.807, 2.05) is 91.9 Å². The van der Waals surface area contributed by atoms with Crippen molar-refractivity contribution in [2.75, 3.05) is 7.11 Å². The van der Waals surface area contributed by atoms with E-state index in [4.69, 9.17) is 4.74 Å². The molecule has 5 rings (SSSR count). The van der Waals surface area contributed by atoms with E-state index >= 15 is 0 Å². The maximum Gasteiger partial charge on any atom is 0.311 e. The molecule has 4 atom stereocenters. The molecule has 1 N–H and O–H groups in total. The molecule has 4 aromatic rings. The molecular weight excluding hydrogens is 519 g/mol. The summed E-state index contributed by atoms with van der Waals surface area (Å²) in [6, 6.07) is 29.5. The van der Waals surface area contributed by atoms with Crippen LogP contribution in [0.2, 0.25) is 0 Å². The molecule has 41 heavy (non-hydrogen) atoms. The molecule has 7 heteroatoms. The average Bonchev–Trinajstić information content (AvgIpc) is 3.37. The zero-order valence-electron chi connectivity index (χ0n) is 22.9. The summed E-state index contributed by atoms with van der Waals surface area (Å²) in [4.78, 5) is 43.5. The second kappa shape index (κ2) is 12.2. The van der Waals surface area contributed by atoms with Crippen molar-refractivity contribution in [2.24, 2.45) is 5.92 Å². The molecule has 0 aliphatic carbocycles. The van der Waals surface area contributed by atoms with Gasteiger partial charge >= 0.3 is 5.97 Å². The van der Waals surface area contributed by atoms with E-state index in [1.54, 1.807) is 0 Å². The van der Waals surface area contributed by atoms with Gasteiger partial charge in [0.2, 0.25) is 5.91 Å². The van der Waals surface area contributed by atoms with E-state index in [0.717, 1.165) is 16.7 Å². The fourth-order valence-corrected chi connectivity index (χ4v) is 5.69. The summed E-state index contributed by atoms with van der Waals surface area (Å²) in [6.45, 7) is 2.23. The standard InChI is InChI=1S/C34H31FN2O4/c1-22-13-15-23(16-14-22)21-36-32(38)31-28(24-9-5-3-6-10-24)29(34(40)41-2)30(25-11-7-4-8-12-25)37(31)33(39)26-17-19-27(35)20-18-26/h3-20,28-31H,21H2,1-2H3,(H,36,38). The Labute approximate surface area is 238 Å². The van der Waals surface area contributed by atoms with Crippen molar-refractivity contribution in [2.45, 2.75) is 31.5 Å². The summed E-state index contributed by atoms with van der Waals surface area (Å²) < 4.78 is 19.1. The number of rotatable bonds is 7. The smallest absolute Gasteiger partial charge is 0.311 e. The normalized spacial score (nSPS) is 19.9. The highest BCUT2D eigenvalue weighted by Gasteiger charge is 2.58. The second-order valence-corrected chi connectivity index (χ2v) is 10.2. The predicted octanol–water partition coefficient (Wildman–Crippen LogP) is 5.59. The minimum absolute atomic E-state index is 0.209. The first-order chi connectivity index (χ1) is 19.9. The molecular formula is C34H31FN2O4. The zero-order chi connectivity index (χ0) is 28.9. The number of carbonyl (C=O) groups excluding carboxylic acids is 3. The number of hydrogen-bond donors (Lipinski definition) is 1. The lowest BCUT2D eigenvalue weighted by molar-refractivity contribution is -0.146. The van der Waals surface area contributed by atoms with Crippen LogP contribution in [-0.4, -0.2) is 35.8 Å². The number of nitrogens with one attached hydrogen (secondary N) is 1. The molecule has 208 valence electrons. The molecule has 1 heterocycles. The third kappa shape index (κ3) is 5.75. The van der Waals surface area contributed by atoms with Crippen LogP contribution in [0.3, 0.4) is 0 Å². The maximum atomic E-state index is 14.3. The van der Waals surface area contributed by atoms with Crippen LogP contribution in [0.25, 0.3) is 0 Å². The molecule has 1 aliphatic rings. The van der Waals surface area contributed by atoms with Gasteiger partial charge in [0.15, 0.2) is 0 Å². The van der Waals surface area contributed by atoms with Gasteiger partial charge < -0.3 is 15.0 Å². The molecule has 6 nitrogen and oxygen atoms in total. The Bertz CT molecular complexity index is 1510. The van der Waals surface area contributed by atoms with Crippen molar-refractivity contribution >= 4 is 17.8 Å². The minimum Gasteiger partial charge on any atom is -0.469 e. The van der Waals surface area contributed by atoms with Gasteiger partial charge in [0.05, 0.1) is 19.1 Å². The fourth-order valence-electron chi connectivity index (χ4n) is 5.69. The van der Waals surface area contributed by atoms with Crippen LogP contribution in [0.5, 0.6) is 0 Å². The van der Waals surface area contributed by atoms with E-state index < -0.39 is 47.5 Å². The van der Waals surface area contributed by atoms with Gasteiger partial charge in [0.25, 0.3) is 5.91 Å². The Kier molecular flexibility index (Phi) is 8.24. The lowest BCUT2D eigenvalue weighted by Crippen LogP contribution is -2.48. The van der Waals surface area contributed by atoms with Gasteiger partial charge in [-0.3, -0.25) is 14.4 Å². The first-order valence-electron chi connectivity index (χ1n) is 13.5. The van der Waals surface area contributed by atoms with E-state index in [2.05, 4.69) is 5.32 Å². The Balaban J connectivity index is 1.66. The van der Waals surface area contributed by atoms with Gasteiger partial charge in [-0.1, -0.05) is 90.5 Å². The molecule has 4 unspecified atom stereocenters. The topological polar surface area (TPSA) is 75.7 Å². The number of likely N-dealkylation sites (tertiary alicyclic amines) is 1. The third-order valence-electron chi connectivity index (χ3n) is 7.65. The highest BCUT2D eigenvalue weighted by molar-refractivity contribution is 6.00. The molecule has 1 saturated heterocycles. The molecule has 1 aliphatic heterocycles. The Morgan fingerprint density at radius 1 is 0.805 bits per heavy atom. The fraction of sp³-hybridized carbons (Fsp3) is 0.206. The number of nitrogens with zero attached hydrogens (tertiary/aromatic N) is 1. The van der Waals surface area contributed by atoms with E-state index in [-0.39, 0.29) is 12.1 Å². The maximum absolute atomic E-state index is 14.3. The summed E-state index contributed by atoms with van der Waals surface area (Å²) in [6.07, 6.45) is 0. The average molecular weight is 551 g/mol. The van der Waals surface area contributed by atoms with Crippen LogP contribution < -0.4 is 5.32 Å². The van der Waals surface area contributed by atoms with Crippen LogP contribution in [0, 0.1) is 18.7 Å². The number of amides is 2. The minimum atomic E-state index is -1.06. The SMILES string of the molecule is COC(=O)C1C(c2ccccc2)C(C(=O)NCc2ccc(C)cc2)N(C(=O)c2ccc(F)cc2)C1c1ccccc1. The van der Waals surface area contributed by atoms with Gasteiger partial charge in [0.1, 0.15) is 11.9 Å². The van der Waals surface area contributed by atoms with Crippen molar-refractivity contribution < 1.29 is 23.5 Å². The molecule has 0 radical (unpaired) electrons. The molecule has 0 spiro atoms. The van der Waals surface area contributed by atoms with E-state index in [0.29, 0.717) is 5.56 Å². The van der Waals surface area contributed by atoms with Crippen LogP contribution in [0.4, 0.5) is 4.39 Å². The molecule has 0 bridgehead atoms. The summed E-state index contributed by atoms with van der Waals surface area (Å²) in [5, 5.41) is 3.01. The summed E-state index contributed by atoms with van der Waals surface area (Å²) >= 11 is 0. The number of benzene rings is 4. The van der Waals surface area contributed by atoms with Crippen molar-refractivity contribution in [3.63, 3.8) is 0 Å².